The average molecular weight is 313 g/mol. The minimum absolute atomic E-state index is 0.0325. The molecule has 1 fully saturated rings. The molecule has 2 rings (SSSR count). The summed E-state index contributed by atoms with van der Waals surface area (Å²) in [5.74, 6) is 0.932. The van der Waals surface area contributed by atoms with Gasteiger partial charge in [-0.15, -0.1) is 0 Å². The predicted molar refractivity (Wildman–Crippen MR) is 84.3 cm³/mol. The molecular weight excluding hydrogens is 286 g/mol. The number of aryl methyl sites for hydroxylation is 1. The van der Waals surface area contributed by atoms with E-state index in [1.165, 1.54) is 6.42 Å². The molecule has 0 spiro atoms. The summed E-state index contributed by atoms with van der Waals surface area (Å²) in [4.78, 5) is 0.329. The summed E-state index contributed by atoms with van der Waals surface area (Å²) < 4.78 is 30.0. The zero-order valence-electron chi connectivity index (χ0n) is 13.2. The fraction of sp³-hybridized carbons (Fsp3) is 0.733. The second-order valence-electron chi connectivity index (χ2n) is 6.15. The summed E-state index contributed by atoms with van der Waals surface area (Å²) in [6.45, 7) is 7.39. The molecule has 3 unspecified atom stereocenters. The molecule has 0 radical (unpaired) electrons. The summed E-state index contributed by atoms with van der Waals surface area (Å²) >= 11 is 0. The maximum absolute atomic E-state index is 12.6. The van der Waals surface area contributed by atoms with Crippen molar-refractivity contribution in [2.75, 3.05) is 0 Å². The van der Waals surface area contributed by atoms with E-state index in [0.29, 0.717) is 23.3 Å². The highest BCUT2D eigenvalue weighted by atomic mass is 32.2. The van der Waals surface area contributed by atoms with Crippen LogP contribution in [0.2, 0.25) is 0 Å². The number of sulfonamides is 1. The van der Waals surface area contributed by atoms with Gasteiger partial charge in [0.2, 0.25) is 10.0 Å². The van der Waals surface area contributed by atoms with Gasteiger partial charge < -0.3 is 10.3 Å². The highest BCUT2D eigenvalue weighted by Crippen LogP contribution is 2.30. The molecule has 1 saturated carbocycles. The summed E-state index contributed by atoms with van der Waals surface area (Å²) in [6, 6.07) is 1.72. The maximum atomic E-state index is 12.6. The van der Waals surface area contributed by atoms with Gasteiger partial charge in [0.15, 0.2) is 0 Å². The third-order valence-electron chi connectivity index (χ3n) is 4.83. The summed E-state index contributed by atoms with van der Waals surface area (Å²) in [5, 5.41) is 0. The Morgan fingerprint density at radius 2 is 2.10 bits per heavy atom. The second-order valence-corrected chi connectivity index (χ2v) is 7.87. The average Bonchev–Trinajstić information content (AvgIpc) is 2.88. The fourth-order valence-corrected chi connectivity index (χ4v) is 4.58. The van der Waals surface area contributed by atoms with Gasteiger partial charge in [0.1, 0.15) is 0 Å². The lowest BCUT2D eigenvalue weighted by molar-refractivity contribution is 0.227. The number of nitrogens with one attached hydrogen (secondary N) is 1. The van der Waals surface area contributed by atoms with Crippen molar-refractivity contribution in [2.45, 2.75) is 64.1 Å². The smallest absolute Gasteiger partial charge is 0.242 e. The van der Waals surface area contributed by atoms with E-state index in [4.69, 9.17) is 5.73 Å². The van der Waals surface area contributed by atoms with E-state index >= 15 is 0 Å². The number of hydrogen-bond donors (Lipinski definition) is 2. The van der Waals surface area contributed by atoms with Gasteiger partial charge >= 0.3 is 0 Å². The first kappa shape index (κ1) is 16.5. The molecule has 6 heteroatoms. The summed E-state index contributed by atoms with van der Waals surface area (Å²) in [7, 11) is -3.46. The number of nitrogens with zero attached hydrogens (tertiary/aromatic N) is 1. The molecule has 0 amide bonds. The molecule has 1 heterocycles. The standard InChI is InChI=1S/C15H27N3O2S/c1-4-18-10-14(8-13(18)9-16)21(19,20)17-15-7-5-6-11(2)12(15)3/h8,10-12,15,17H,4-7,9,16H2,1-3H3. The molecule has 5 nitrogen and oxygen atoms in total. The fourth-order valence-electron chi connectivity index (χ4n) is 3.15. The number of rotatable bonds is 5. The molecular formula is C15H27N3O2S. The van der Waals surface area contributed by atoms with Crippen LogP contribution in [-0.4, -0.2) is 19.0 Å². The topological polar surface area (TPSA) is 77.1 Å². The quantitative estimate of drug-likeness (QED) is 0.873. The normalized spacial score (nSPS) is 27.0. The lowest BCUT2D eigenvalue weighted by Gasteiger charge is -2.34. The van der Waals surface area contributed by atoms with Crippen molar-refractivity contribution in [3.05, 3.63) is 18.0 Å². The number of aromatic nitrogens is 1. The number of hydrogen-bond acceptors (Lipinski definition) is 3. The van der Waals surface area contributed by atoms with Gasteiger partial charge in [-0.1, -0.05) is 26.7 Å². The van der Waals surface area contributed by atoms with Crippen molar-refractivity contribution in [1.29, 1.82) is 0 Å². The van der Waals surface area contributed by atoms with E-state index in [-0.39, 0.29) is 6.04 Å². The minimum atomic E-state index is -3.46. The van der Waals surface area contributed by atoms with Crippen molar-refractivity contribution in [2.24, 2.45) is 17.6 Å². The van der Waals surface area contributed by atoms with Crippen molar-refractivity contribution in [1.82, 2.24) is 9.29 Å². The van der Waals surface area contributed by atoms with Gasteiger partial charge in [0.05, 0.1) is 4.90 Å². The van der Waals surface area contributed by atoms with Crippen LogP contribution in [0.5, 0.6) is 0 Å². The molecule has 0 saturated heterocycles. The third-order valence-corrected chi connectivity index (χ3v) is 6.29. The van der Waals surface area contributed by atoms with Gasteiger partial charge in [0.25, 0.3) is 0 Å². The van der Waals surface area contributed by atoms with Crippen LogP contribution in [-0.2, 0) is 23.1 Å². The zero-order valence-corrected chi connectivity index (χ0v) is 14.0. The Balaban J connectivity index is 2.20. The summed E-state index contributed by atoms with van der Waals surface area (Å²) in [6.07, 6.45) is 4.87. The van der Waals surface area contributed by atoms with E-state index in [0.717, 1.165) is 25.1 Å². The lowest BCUT2D eigenvalue weighted by Crippen LogP contribution is -2.43. The monoisotopic (exact) mass is 313 g/mol. The van der Waals surface area contributed by atoms with Gasteiger partial charge in [0, 0.05) is 31.0 Å². The first-order chi connectivity index (χ1) is 9.89. The largest absolute Gasteiger partial charge is 0.349 e. The van der Waals surface area contributed by atoms with E-state index in [2.05, 4.69) is 18.6 Å². The van der Waals surface area contributed by atoms with Gasteiger partial charge in [-0.05, 0) is 31.2 Å². The second kappa shape index (κ2) is 6.50. The molecule has 120 valence electrons. The van der Waals surface area contributed by atoms with Crippen molar-refractivity contribution >= 4 is 10.0 Å². The van der Waals surface area contributed by atoms with Crippen LogP contribution in [0.3, 0.4) is 0 Å². The van der Waals surface area contributed by atoms with E-state index < -0.39 is 10.0 Å². The van der Waals surface area contributed by atoms with Crippen molar-refractivity contribution in [3.8, 4) is 0 Å². The Labute approximate surface area is 128 Å². The van der Waals surface area contributed by atoms with Crippen LogP contribution in [0, 0.1) is 11.8 Å². The third kappa shape index (κ3) is 3.49. The molecule has 0 aromatic carbocycles. The van der Waals surface area contributed by atoms with Crippen LogP contribution in [0.15, 0.2) is 17.2 Å². The SMILES string of the molecule is CCn1cc(S(=O)(=O)NC2CCCC(C)C2C)cc1CN. The van der Waals surface area contributed by atoms with Crippen LogP contribution in [0.4, 0.5) is 0 Å². The van der Waals surface area contributed by atoms with Gasteiger partial charge in [-0.25, -0.2) is 13.1 Å². The molecule has 21 heavy (non-hydrogen) atoms. The molecule has 1 aliphatic carbocycles. The first-order valence-corrected chi connectivity index (χ1v) is 9.28. The van der Waals surface area contributed by atoms with Gasteiger partial charge in [-0.3, -0.25) is 0 Å². The highest BCUT2D eigenvalue weighted by Gasteiger charge is 2.31. The lowest BCUT2D eigenvalue weighted by atomic mass is 9.78. The predicted octanol–water partition coefficient (Wildman–Crippen LogP) is 2.07. The van der Waals surface area contributed by atoms with Crippen LogP contribution in [0.1, 0.15) is 45.7 Å². The molecule has 1 aromatic heterocycles. The Hall–Kier alpha value is -0.850. The van der Waals surface area contributed by atoms with Crippen molar-refractivity contribution in [3.63, 3.8) is 0 Å². The Bertz CT molecular complexity index is 558. The molecule has 0 aliphatic heterocycles. The Kier molecular flexibility index (Phi) is 5.11. The number of nitrogens with two attached hydrogens (primary N) is 1. The zero-order chi connectivity index (χ0) is 15.6. The van der Waals surface area contributed by atoms with Crippen LogP contribution < -0.4 is 10.5 Å². The molecule has 1 aromatic rings. The highest BCUT2D eigenvalue weighted by molar-refractivity contribution is 7.89. The van der Waals surface area contributed by atoms with Gasteiger partial charge in [-0.2, -0.15) is 0 Å². The van der Waals surface area contributed by atoms with Crippen molar-refractivity contribution < 1.29 is 8.42 Å². The molecule has 1 aliphatic rings. The molecule has 3 atom stereocenters. The van der Waals surface area contributed by atoms with Crippen LogP contribution >= 0.6 is 0 Å². The summed E-state index contributed by atoms with van der Waals surface area (Å²) in [5.41, 5.74) is 6.52. The van der Waals surface area contributed by atoms with Crippen LogP contribution in [0.25, 0.3) is 0 Å². The molecule has 3 N–H and O–H groups in total. The van der Waals surface area contributed by atoms with E-state index in [1.54, 1.807) is 12.3 Å². The minimum Gasteiger partial charge on any atom is -0.349 e. The first-order valence-electron chi connectivity index (χ1n) is 7.80. The molecule has 0 bridgehead atoms. The van der Waals surface area contributed by atoms with E-state index in [1.807, 2.05) is 11.5 Å². The Morgan fingerprint density at radius 1 is 1.38 bits per heavy atom. The Morgan fingerprint density at radius 3 is 2.67 bits per heavy atom. The van der Waals surface area contributed by atoms with E-state index in [9.17, 15) is 8.42 Å². The maximum Gasteiger partial charge on any atom is 0.242 e.